The van der Waals surface area contributed by atoms with Gasteiger partial charge in [-0.1, -0.05) is 6.07 Å². The molecule has 6 heteroatoms. The average molecular weight is 383 g/mol. The first-order chi connectivity index (χ1) is 11.3. The number of amides is 1. The minimum atomic E-state index is 0. The molecule has 1 aliphatic carbocycles. The van der Waals surface area contributed by atoms with E-state index in [0.717, 1.165) is 45.3 Å². The van der Waals surface area contributed by atoms with Crippen LogP contribution in [0.5, 0.6) is 0 Å². The minimum absolute atomic E-state index is 0. The second kappa shape index (κ2) is 8.00. The molecule has 2 aromatic heterocycles. The molecule has 0 aromatic carbocycles. The van der Waals surface area contributed by atoms with Gasteiger partial charge >= 0.3 is 0 Å². The topological polar surface area (TPSA) is 32.3 Å². The Morgan fingerprint density at radius 1 is 1.21 bits per heavy atom. The fourth-order valence-corrected chi connectivity index (χ4v) is 4.81. The summed E-state index contributed by atoms with van der Waals surface area (Å²) >= 11 is 3.63. The third-order valence-corrected chi connectivity index (χ3v) is 6.61. The van der Waals surface area contributed by atoms with Gasteiger partial charge in [-0.05, 0) is 48.6 Å². The molecule has 24 heavy (non-hydrogen) atoms. The maximum absolute atomic E-state index is 12.1. The number of thiophene rings is 2. The first-order valence-electron chi connectivity index (χ1n) is 8.43. The number of halogens is 1. The molecule has 1 saturated heterocycles. The van der Waals surface area contributed by atoms with Crippen LogP contribution in [-0.4, -0.2) is 29.9 Å². The van der Waals surface area contributed by atoms with Crippen LogP contribution in [-0.2, 0) is 11.3 Å². The first-order valence-corrected chi connectivity index (χ1v) is 10.2. The van der Waals surface area contributed by atoms with Gasteiger partial charge in [0.1, 0.15) is 0 Å². The molecule has 0 bridgehead atoms. The molecule has 0 spiro atoms. The molecule has 2 aromatic rings. The van der Waals surface area contributed by atoms with Crippen LogP contribution in [0, 0.1) is 5.92 Å². The fraction of sp³-hybridized carbons (Fsp3) is 0.500. The number of piperidine rings is 1. The van der Waals surface area contributed by atoms with Crippen molar-refractivity contribution in [2.24, 2.45) is 5.92 Å². The van der Waals surface area contributed by atoms with E-state index in [1.165, 1.54) is 15.3 Å². The van der Waals surface area contributed by atoms with Crippen LogP contribution in [0.15, 0.2) is 29.0 Å². The molecule has 130 valence electrons. The Morgan fingerprint density at radius 2 is 2.00 bits per heavy atom. The van der Waals surface area contributed by atoms with Crippen LogP contribution in [0.1, 0.15) is 30.6 Å². The molecule has 1 N–H and O–H groups in total. The van der Waals surface area contributed by atoms with Crippen molar-refractivity contribution in [2.45, 2.75) is 38.3 Å². The summed E-state index contributed by atoms with van der Waals surface area (Å²) in [6, 6.07) is 7.13. The summed E-state index contributed by atoms with van der Waals surface area (Å²) in [5.74, 6) is 0.767. The fourth-order valence-electron chi connectivity index (χ4n) is 3.18. The van der Waals surface area contributed by atoms with Crippen molar-refractivity contribution >= 4 is 41.0 Å². The number of nitrogens with one attached hydrogen (secondary N) is 1. The number of hydrogen-bond donors (Lipinski definition) is 1. The molecule has 0 unspecified atom stereocenters. The van der Waals surface area contributed by atoms with Crippen molar-refractivity contribution in [3.8, 4) is 10.4 Å². The molecular weight excluding hydrogens is 360 g/mol. The molecule has 1 amide bonds. The summed E-state index contributed by atoms with van der Waals surface area (Å²) in [6.45, 7) is 2.80. The molecule has 4 rings (SSSR count). The van der Waals surface area contributed by atoms with Crippen molar-refractivity contribution in [1.82, 2.24) is 10.2 Å². The highest BCUT2D eigenvalue weighted by atomic mass is 35.5. The highest BCUT2D eigenvalue weighted by Crippen LogP contribution is 2.32. The van der Waals surface area contributed by atoms with Gasteiger partial charge < -0.3 is 10.2 Å². The molecular formula is C18H23ClN2OS2. The second-order valence-electron chi connectivity index (χ2n) is 6.53. The van der Waals surface area contributed by atoms with Crippen LogP contribution < -0.4 is 5.32 Å². The lowest BCUT2D eigenvalue weighted by atomic mass is 10.0. The number of likely N-dealkylation sites (tertiary alicyclic amines) is 1. The highest BCUT2D eigenvalue weighted by Gasteiger charge is 2.34. The molecule has 1 aliphatic heterocycles. The maximum atomic E-state index is 12.1. The van der Waals surface area contributed by atoms with E-state index in [9.17, 15) is 4.79 Å². The molecule has 0 atom stereocenters. The smallest absolute Gasteiger partial charge is 0.225 e. The van der Waals surface area contributed by atoms with Crippen molar-refractivity contribution < 1.29 is 4.79 Å². The molecule has 2 aliphatic rings. The van der Waals surface area contributed by atoms with Crippen molar-refractivity contribution in [2.75, 3.05) is 13.1 Å². The van der Waals surface area contributed by atoms with Gasteiger partial charge in [0.25, 0.3) is 0 Å². The van der Waals surface area contributed by atoms with Gasteiger partial charge in [0.05, 0.1) is 0 Å². The Hall–Kier alpha value is -0.880. The van der Waals surface area contributed by atoms with E-state index in [4.69, 9.17) is 0 Å². The summed E-state index contributed by atoms with van der Waals surface area (Å²) in [5, 5.41) is 8.05. The Bertz CT molecular complexity index is 658. The number of carbonyl (C=O) groups is 1. The quantitative estimate of drug-likeness (QED) is 0.831. The normalized spacial score (nSPS) is 18.4. The van der Waals surface area contributed by atoms with Crippen LogP contribution in [0.2, 0.25) is 0 Å². The van der Waals surface area contributed by atoms with Crippen molar-refractivity contribution in [3.63, 3.8) is 0 Å². The van der Waals surface area contributed by atoms with Gasteiger partial charge in [-0.2, -0.15) is 0 Å². The lowest BCUT2D eigenvalue weighted by molar-refractivity contribution is -0.133. The highest BCUT2D eigenvalue weighted by molar-refractivity contribution is 7.14. The van der Waals surface area contributed by atoms with E-state index in [-0.39, 0.29) is 12.4 Å². The van der Waals surface area contributed by atoms with Crippen molar-refractivity contribution in [1.29, 1.82) is 0 Å². The minimum Gasteiger partial charge on any atom is -0.342 e. The predicted molar refractivity (Wildman–Crippen MR) is 104 cm³/mol. The maximum Gasteiger partial charge on any atom is 0.225 e. The zero-order valence-corrected chi connectivity index (χ0v) is 16.0. The van der Waals surface area contributed by atoms with Gasteiger partial charge in [-0.25, -0.2) is 0 Å². The number of rotatable bonds is 5. The van der Waals surface area contributed by atoms with Gasteiger partial charge in [0, 0.05) is 46.9 Å². The second-order valence-corrected chi connectivity index (χ2v) is 8.48. The molecule has 3 nitrogen and oxygen atoms in total. The van der Waals surface area contributed by atoms with Crippen LogP contribution in [0.3, 0.4) is 0 Å². The lowest BCUT2D eigenvalue weighted by Gasteiger charge is -2.32. The van der Waals surface area contributed by atoms with Crippen LogP contribution in [0.4, 0.5) is 0 Å². The van der Waals surface area contributed by atoms with E-state index >= 15 is 0 Å². The van der Waals surface area contributed by atoms with Gasteiger partial charge in [-0.15, -0.1) is 35.1 Å². The van der Waals surface area contributed by atoms with E-state index < -0.39 is 0 Å². The Morgan fingerprint density at radius 3 is 2.67 bits per heavy atom. The summed E-state index contributed by atoms with van der Waals surface area (Å²) in [4.78, 5) is 16.9. The van der Waals surface area contributed by atoms with E-state index in [1.807, 2.05) is 11.3 Å². The largest absolute Gasteiger partial charge is 0.342 e. The third-order valence-electron chi connectivity index (χ3n) is 4.76. The standard InChI is InChI=1S/C18H22N2OS2.ClH/c21-18(13-3-4-13)20-7-5-15(6-8-20)19-11-16-10-14(12-23-16)17-2-1-9-22-17;/h1-2,9-10,12-13,15,19H,3-8,11H2;1H. The third kappa shape index (κ3) is 4.20. The molecule has 1 saturated carbocycles. The Labute approximate surface area is 157 Å². The van der Waals surface area contributed by atoms with Crippen molar-refractivity contribution in [3.05, 3.63) is 33.8 Å². The Balaban J connectivity index is 0.00000169. The Kier molecular flexibility index (Phi) is 5.98. The average Bonchev–Trinajstić information content (AvgIpc) is 3.09. The van der Waals surface area contributed by atoms with E-state index in [1.54, 1.807) is 11.3 Å². The molecule has 3 heterocycles. The summed E-state index contributed by atoms with van der Waals surface area (Å²) < 4.78 is 0. The number of hydrogen-bond acceptors (Lipinski definition) is 4. The monoisotopic (exact) mass is 382 g/mol. The summed E-state index contributed by atoms with van der Waals surface area (Å²) in [7, 11) is 0. The van der Waals surface area contributed by atoms with Gasteiger partial charge in [0.2, 0.25) is 5.91 Å². The van der Waals surface area contributed by atoms with Crippen LogP contribution >= 0.6 is 35.1 Å². The molecule has 0 radical (unpaired) electrons. The molecule has 2 fully saturated rings. The van der Waals surface area contributed by atoms with Crippen LogP contribution in [0.25, 0.3) is 10.4 Å². The SMILES string of the molecule is Cl.O=C(C1CC1)N1CCC(NCc2cc(-c3cccs3)cs2)CC1. The summed E-state index contributed by atoms with van der Waals surface area (Å²) in [6.07, 6.45) is 4.40. The zero-order valence-electron chi connectivity index (χ0n) is 13.6. The first kappa shape index (κ1) is 17.9. The lowest BCUT2D eigenvalue weighted by Crippen LogP contribution is -2.45. The van der Waals surface area contributed by atoms with Gasteiger partial charge in [-0.3, -0.25) is 4.79 Å². The zero-order chi connectivity index (χ0) is 15.6. The number of nitrogens with zero attached hydrogens (tertiary/aromatic N) is 1. The predicted octanol–water partition coefficient (Wildman–Crippen LogP) is 4.39. The summed E-state index contributed by atoms with van der Waals surface area (Å²) in [5.41, 5.74) is 1.34. The number of carbonyl (C=O) groups excluding carboxylic acids is 1. The van der Waals surface area contributed by atoms with E-state index in [0.29, 0.717) is 17.9 Å². The van der Waals surface area contributed by atoms with E-state index in [2.05, 4.69) is 39.2 Å². The van der Waals surface area contributed by atoms with Gasteiger partial charge in [0.15, 0.2) is 0 Å².